The number of aliphatic hydroxyl groups excluding tert-OH is 1. The van der Waals surface area contributed by atoms with E-state index in [9.17, 15) is 31.4 Å². The predicted molar refractivity (Wildman–Crippen MR) is 70.6 cm³/mol. The monoisotopic (exact) mass is 352 g/mol. The van der Waals surface area contributed by atoms with Crippen LogP contribution < -0.4 is 10.1 Å². The average molecular weight is 352 g/mol. The summed E-state index contributed by atoms with van der Waals surface area (Å²) in [5.41, 5.74) is -0.920. The van der Waals surface area contributed by atoms with Crippen molar-refractivity contribution >= 4 is 5.69 Å². The molecule has 24 heavy (non-hydrogen) atoms. The number of anilines is 1. The Bertz CT molecular complexity index is 685. The summed E-state index contributed by atoms with van der Waals surface area (Å²) < 4.78 is 80.8. The van der Waals surface area contributed by atoms with Crippen LogP contribution in [0.3, 0.4) is 0 Å². The molecule has 0 saturated carbocycles. The van der Waals surface area contributed by atoms with Crippen LogP contribution in [0.5, 0.6) is 5.75 Å². The molecule has 0 fully saturated rings. The summed E-state index contributed by atoms with van der Waals surface area (Å²) in [5.74, 6) is -7.29. The summed E-state index contributed by atoms with van der Waals surface area (Å²) in [5, 5.41) is 11.9. The molecule has 0 aliphatic carbocycles. The molecule has 1 aromatic heterocycles. The van der Waals surface area contributed by atoms with Crippen LogP contribution in [0, 0.1) is 23.5 Å². The highest BCUT2D eigenvalue weighted by Crippen LogP contribution is 2.24. The number of nitrogens with one attached hydrogen (secondary N) is 1. The van der Waals surface area contributed by atoms with Gasteiger partial charge in [-0.25, -0.2) is 0 Å². The first-order valence-electron chi connectivity index (χ1n) is 6.46. The third-order valence-electron chi connectivity index (χ3n) is 2.96. The number of halogens is 6. The number of pyridine rings is 1. The van der Waals surface area contributed by atoms with Crippen LogP contribution in [-0.4, -0.2) is 23.2 Å². The van der Waals surface area contributed by atoms with E-state index in [1.165, 1.54) is 12.1 Å². The van der Waals surface area contributed by atoms with Gasteiger partial charge in [0.05, 0.1) is 6.10 Å². The minimum Gasteiger partial charge on any atom is -0.435 e. The number of hydrogen-bond donors (Lipinski definition) is 2. The van der Waals surface area contributed by atoms with E-state index in [0.29, 0.717) is 0 Å². The van der Waals surface area contributed by atoms with Gasteiger partial charge in [0.2, 0.25) is 11.6 Å². The van der Waals surface area contributed by atoms with Gasteiger partial charge >= 0.3 is 6.61 Å². The lowest BCUT2D eigenvalue weighted by atomic mass is 10.1. The van der Waals surface area contributed by atoms with Gasteiger partial charge in [0, 0.05) is 6.54 Å². The highest BCUT2D eigenvalue weighted by Gasteiger charge is 2.21. The molecule has 1 unspecified atom stereocenters. The molecule has 130 valence electrons. The molecule has 1 atom stereocenters. The van der Waals surface area contributed by atoms with Crippen LogP contribution in [0.2, 0.25) is 0 Å². The van der Waals surface area contributed by atoms with Crippen molar-refractivity contribution in [1.82, 2.24) is 4.98 Å². The summed E-state index contributed by atoms with van der Waals surface area (Å²) in [4.78, 5) is 2.39. The van der Waals surface area contributed by atoms with Crippen molar-refractivity contribution < 1.29 is 36.2 Å². The standard InChI is InChI=1S/C14H10F6N2O2/c15-9-11(10(16)13(18)22-12(9)17)21-5-8(23)6-1-3-7(4-2-6)24-14(19)20/h1-4,8,14,23H,5H2,(H,21,22). The first kappa shape index (κ1) is 17.9. The SMILES string of the molecule is OC(CNc1c(F)c(F)nc(F)c1F)c1ccc(OC(F)F)cc1. The Hall–Kier alpha value is -2.49. The molecule has 2 aromatic rings. The zero-order valence-corrected chi connectivity index (χ0v) is 11.7. The number of rotatable bonds is 6. The second-order valence-corrected chi connectivity index (χ2v) is 4.54. The second kappa shape index (κ2) is 7.39. The van der Waals surface area contributed by atoms with E-state index in [-0.39, 0.29) is 11.3 Å². The Labute approximate surface area is 131 Å². The molecule has 0 spiro atoms. The molecule has 0 amide bonds. The molecular weight excluding hydrogens is 342 g/mol. The van der Waals surface area contributed by atoms with Gasteiger partial charge in [-0.2, -0.15) is 31.3 Å². The molecular formula is C14H10F6N2O2. The predicted octanol–water partition coefficient (Wildman–Crippen LogP) is 3.38. The van der Waals surface area contributed by atoms with Crippen LogP contribution in [0.15, 0.2) is 24.3 Å². The second-order valence-electron chi connectivity index (χ2n) is 4.54. The van der Waals surface area contributed by atoms with E-state index in [1.807, 2.05) is 5.32 Å². The van der Waals surface area contributed by atoms with E-state index < -0.39 is 48.5 Å². The zero-order chi connectivity index (χ0) is 17.9. The van der Waals surface area contributed by atoms with Crippen molar-refractivity contribution in [3.05, 3.63) is 53.4 Å². The fourth-order valence-electron chi connectivity index (χ4n) is 1.83. The lowest BCUT2D eigenvalue weighted by Crippen LogP contribution is -2.16. The van der Waals surface area contributed by atoms with Crippen LogP contribution in [0.25, 0.3) is 0 Å². The molecule has 0 saturated heterocycles. The summed E-state index contributed by atoms with van der Waals surface area (Å²) >= 11 is 0. The fourth-order valence-corrected chi connectivity index (χ4v) is 1.83. The highest BCUT2D eigenvalue weighted by atomic mass is 19.3. The smallest absolute Gasteiger partial charge is 0.387 e. The van der Waals surface area contributed by atoms with Gasteiger partial charge in [-0.15, -0.1) is 0 Å². The fraction of sp³-hybridized carbons (Fsp3) is 0.214. The van der Waals surface area contributed by atoms with Crippen LogP contribution in [0.1, 0.15) is 11.7 Å². The minimum absolute atomic E-state index is 0.149. The molecule has 4 nitrogen and oxygen atoms in total. The Kier molecular flexibility index (Phi) is 5.50. The zero-order valence-electron chi connectivity index (χ0n) is 11.7. The number of benzene rings is 1. The van der Waals surface area contributed by atoms with Gasteiger partial charge in [0.1, 0.15) is 11.4 Å². The molecule has 2 rings (SSSR count). The van der Waals surface area contributed by atoms with E-state index >= 15 is 0 Å². The Morgan fingerprint density at radius 3 is 2.04 bits per heavy atom. The van der Waals surface area contributed by atoms with Crippen molar-refractivity contribution in [3.63, 3.8) is 0 Å². The number of hydrogen-bond acceptors (Lipinski definition) is 4. The molecule has 1 aromatic carbocycles. The van der Waals surface area contributed by atoms with Crippen molar-refractivity contribution in [2.24, 2.45) is 0 Å². The third kappa shape index (κ3) is 4.07. The topological polar surface area (TPSA) is 54.4 Å². The van der Waals surface area contributed by atoms with Gasteiger partial charge in [0.15, 0.2) is 0 Å². The molecule has 0 aliphatic rings. The number of alkyl halides is 2. The first-order valence-corrected chi connectivity index (χ1v) is 6.46. The van der Waals surface area contributed by atoms with Crippen LogP contribution >= 0.6 is 0 Å². The third-order valence-corrected chi connectivity index (χ3v) is 2.96. The average Bonchev–Trinajstić information content (AvgIpc) is 2.53. The van der Waals surface area contributed by atoms with E-state index in [0.717, 1.165) is 12.1 Å². The van der Waals surface area contributed by atoms with Gasteiger partial charge in [-0.3, -0.25) is 0 Å². The van der Waals surface area contributed by atoms with E-state index in [2.05, 4.69) is 9.72 Å². The summed E-state index contributed by atoms with van der Waals surface area (Å²) in [6, 6.07) is 4.78. The Morgan fingerprint density at radius 1 is 1.00 bits per heavy atom. The van der Waals surface area contributed by atoms with E-state index in [1.54, 1.807) is 0 Å². The van der Waals surface area contributed by atoms with Crippen molar-refractivity contribution in [1.29, 1.82) is 0 Å². The summed E-state index contributed by atoms with van der Waals surface area (Å²) in [6.07, 6.45) is -1.34. The van der Waals surface area contributed by atoms with Gasteiger partial charge in [0.25, 0.3) is 11.9 Å². The lowest BCUT2D eigenvalue weighted by molar-refractivity contribution is -0.0498. The first-order chi connectivity index (χ1) is 11.3. The maximum absolute atomic E-state index is 13.4. The molecule has 0 bridgehead atoms. The molecule has 10 heteroatoms. The number of aromatic nitrogens is 1. The number of nitrogens with zero attached hydrogens (tertiary/aromatic N) is 1. The molecule has 0 aliphatic heterocycles. The Balaban J connectivity index is 2.07. The lowest BCUT2D eigenvalue weighted by Gasteiger charge is -2.15. The molecule has 2 N–H and O–H groups in total. The van der Waals surface area contributed by atoms with Crippen LogP contribution in [0.4, 0.5) is 32.0 Å². The Morgan fingerprint density at radius 2 is 1.54 bits per heavy atom. The quantitative estimate of drug-likeness (QED) is 0.618. The van der Waals surface area contributed by atoms with Crippen molar-refractivity contribution in [2.45, 2.75) is 12.7 Å². The summed E-state index contributed by atoms with van der Waals surface area (Å²) in [7, 11) is 0. The van der Waals surface area contributed by atoms with Crippen molar-refractivity contribution in [3.8, 4) is 5.75 Å². The summed E-state index contributed by atoms with van der Waals surface area (Å²) in [6.45, 7) is -3.52. The van der Waals surface area contributed by atoms with Gasteiger partial charge in [-0.1, -0.05) is 12.1 Å². The normalized spacial score (nSPS) is 12.3. The highest BCUT2D eigenvalue weighted by molar-refractivity contribution is 5.45. The number of ether oxygens (including phenoxy) is 1. The maximum atomic E-state index is 13.4. The molecule has 0 radical (unpaired) electrons. The van der Waals surface area contributed by atoms with Crippen molar-refractivity contribution in [2.75, 3.05) is 11.9 Å². The van der Waals surface area contributed by atoms with Gasteiger partial charge < -0.3 is 15.2 Å². The number of aliphatic hydroxyl groups is 1. The maximum Gasteiger partial charge on any atom is 0.387 e. The van der Waals surface area contributed by atoms with Gasteiger partial charge in [-0.05, 0) is 17.7 Å². The largest absolute Gasteiger partial charge is 0.435 e. The van der Waals surface area contributed by atoms with E-state index in [4.69, 9.17) is 0 Å². The molecule has 1 heterocycles. The van der Waals surface area contributed by atoms with Crippen LogP contribution in [-0.2, 0) is 0 Å². The minimum atomic E-state index is -3.01.